The van der Waals surface area contributed by atoms with Crippen LogP contribution >= 0.6 is 22.9 Å². The predicted octanol–water partition coefficient (Wildman–Crippen LogP) is 3.77. The average molecular weight is 312 g/mol. The Hall–Kier alpha value is -1.10. The third kappa shape index (κ3) is 3.51. The highest BCUT2D eigenvalue weighted by molar-refractivity contribution is 7.18. The van der Waals surface area contributed by atoms with Gasteiger partial charge >= 0.3 is 5.97 Å². The van der Waals surface area contributed by atoms with Crippen LogP contribution in [-0.4, -0.2) is 17.6 Å². The molecule has 0 unspecified atom stereocenters. The predicted molar refractivity (Wildman–Crippen MR) is 84.4 cm³/mol. The monoisotopic (exact) mass is 311 g/mol. The van der Waals surface area contributed by atoms with Crippen molar-refractivity contribution in [3.05, 3.63) is 34.2 Å². The zero-order valence-electron chi connectivity index (χ0n) is 11.8. The number of carbonyl (C=O) groups excluding carboxylic acids is 1. The summed E-state index contributed by atoms with van der Waals surface area (Å²) in [6.07, 6.45) is 0.454. The van der Waals surface area contributed by atoms with E-state index in [0.29, 0.717) is 6.42 Å². The second-order valence-corrected chi connectivity index (χ2v) is 7.01. The van der Waals surface area contributed by atoms with Crippen LogP contribution in [0.1, 0.15) is 26.3 Å². The Morgan fingerprint density at radius 1 is 1.45 bits per heavy atom. The van der Waals surface area contributed by atoms with E-state index in [9.17, 15) is 4.79 Å². The van der Waals surface area contributed by atoms with Crippen LogP contribution in [0.3, 0.4) is 0 Å². The van der Waals surface area contributed by atoms with Crippen molar-refractivity contribution in [2.75, 3.05) is 0 Å². The number of fused-ring (bicyclic) bond motifs is 1. The zero-order chi connectivity index (χ0) is 14.9. The minimum atomic E-state index is -0.661. The SMILES string of the molecule is CC(C)(C)OC(=O)[C@@H](N)Cc1csc2c(Cl)cccc12. The number of thiophene rings is 1. The van der Waals surface area contributed by atoms with Crippen molar-refractivity contribution in [2.24, 2.45) is 5.73 Å². The summed E-state index contributed by atoms with van der Waals surface area (Å²) >= 11 is 7.71. The van der Waals surface area contributed by atoms with Gasteiger partial charge in [0.1, 0.15) is 11.6 Å². The molecule has 3 nitrogen and oxygen atoms in total. The molecule has 0 spiro atoms. The number of benzene rings is 1. The highest BCUT2D eigenvalue weighted by Gasteiger charge is 2.23. The summed E-state index contributed by atoms with van der Waals surface area (Å²) in [6.45, 7) is 5.49. The molecule has 0 fully saturated rings. The minimum absolute atomic E-state index is 0.376. The molecule has 0 aliphatic carbocycles. The molecule has 5 heteroatoms. The molecule has 1 aromatic heterocycles. The lowest BCUT2D eigenvalue weighted by Gasteiger charge is -2.22. The maximum absolute atomic E-state index is 11.9. The van der Waals surface area contributed by atoms with E-state index in [1.54, 1.807) is 11.3 Å². The Morgan fingerprint density at radius 2 is 2.15 bits per heavy atom. The Bertz CT molecular complexity index is 630. The molecule has 0 aliphatic heterocycles. The molecule has 1 atom stereocenters. The van der Waals surface area contributed by atoms with Gasteiger partial charge in [0.25, 0.3) is 0 Å². The normalized spacial score (nSPS) is 13.4. The van der Waals surface area contributed by atoms with Gasteiger partial charge in [0, 0.05) is 0 Å². The molecule has 2 aromatic rings. The summed E-state index contributed by atoms with van der Waals surface area (Å²) in [5.41, 5.74) is 6.46. The molecule has 2 N–H and O–H groups in total. The van der Waals surface area contributed by atoms with Crippen LogP contribution < -0.4 is 5.73 Å². The van der Waals surface area contributed by atoms with Gasteiger partial charge < -0.3 is 10.5 Å². The Balaban J connectivity index is 2.16. The third-order valence-corrected chi connectivity index (χ3v) is 4.29. The lowest BCUT2D eigenvalue weighted by atomic mass is 10.1. The van der Waals surface area contributed by atoms with E-state index in [-0.39, 0.29) is 5.97 Å². The summed E-state index contributed by atoms with van der Waals surface area (Å²) < 4.78 is 6.33. The van der Waals surface area contributed by atoms with Crippen molar-refractivity contribution in [2.45, 2.75) is 38.8 Å². The van der Waals surface area contributed by atoms with Crippen molar-refractivity contribution in [3.8, 4) is 0 Å². The fourth-order valence-electron chi connectivity index (χ4n) is 1.93. The Kier molecular flexibility index (Phi) is 4.37. The number of halogens is 1. The first-order chi connectivity index (χ1) is 9.28. The number of ether oxygens (including phenoxy) is 1. The van der Waals surface area contributed by atoms with E-state index in [2.05, 4.69) is 0 Å². The maximum atomic E-state index is 11.9. The second-order valence-electron chi connectivity index (χ2n) is 5.72. The van der Waals surface area contributed by atoms with Crippen LogP contribution in [-0.2, 0) is 16.0 Å². The van der Waals surface area contributed by atoms with Crippen LogP contribution in [0.15, 0.2) is 23.6 Å². The smallest absolute Gasteiger partial charge is 0.323 e. The van der Waals surface area contributed by atoms with Crippen molar-refractivity contribution in [1.29, 1.82) is 0 Å². The summed E-state index contributed by atoms with van der Waals surface area (Å²) in [6, 6.07) is 5.10. The van der Waals surface area contributed by atoms with E-state index in [1.165, 1.54) is 0 Å². The molecule has 1 aromatic carbocycles. The lowest BCUT2D eigenvalue weighted by molar-refractivity contribution is -0.156. The van der Waals surface area contributed by atoms with Crippen LogP contribution in [0.25, 0.3) is 10.1 Å². The second kappa shape index (κ2) is 5.72. The standard InChI is InChI=1S/C15H18ClNO2S/c1-15(2,3)19-14(18)12(17)7-9-8-20-13-10(9)5-4-6-11(13)16/h4-6,8,12H,7,17H2,1-3H3/t12-/m0/s1. The Morgan fingerprint density at radius 3 is 2.80 bits per heavy atom. The molecular formula is C15H18ClNO2S. The van der Waals surface area contributed by atoms with E-state index in [1.807, 2.05) is 44.4 Å². The van der Waals surface area contributed by atoms with Gasteiger partial charge in [-0.2, -0.15) is 0 Å². The quantitative estimate of drug-likeness (QED) is 0.878. The summed E-state index contributed by atoms with van der Waals surface area (Å²) in [5.74, 6) is -0.376. The van der Waals surface area contributed by atoms with E-state index in [4.69, 9.17) is 22.1 Å². The van der Waals surface area contributed by atoms with Crippen molar-refractivity contribution >= 4 is 39.0 Å². The van der Waals surface area contributed by atoms with Crippen LogP contribution in [0.5, 0.6) is 0 Å². The molecule has 1 heterocycles. The van der Waals surface area contributed by atoms with Gasteiger partial charge in [0.15, 0.2) is 0 Å². The van der Waals surface area contributed by atoms with E-state index >= 15 is 0 Å². The molecule has 0 radical (unpaired) electrons. The van der Waals surface area contributed by atoms with Gasteiger partial charge in [-0.25, -0.2) is 0 Å². The molecule has 0 aliphatic rings. The fraction of sp³-hybridized carbons (Fsp3) is 0.400. The number of carbonyl (C=O) groups is 1. The van der Waals surface area contributed by atoms with E-state index < -0.39 is 11.6 Å². The maximum Gasteiger partial charge on any atom is 0.323 e. The van der Waals surface area contributed by atoms with Crippen LogP contribution in [0.2, 0.25) is 5.02 Å². The molecule has 0 amide bonds. The number of hydrogen-bond acceptors (Lipinski definition) is 4. The number of nitrogens with two attached hydrogens (primary N) is 1. The third-order valence-electron chi connectivity index (χ3n) is 2.78. The fourth-order valence-corrected chi connectivity index (χ4v) is 3.23. The number of hydrogen-bond donors (Lipinski definition) is 1. The first-order valence-corrected chi connectivity index (χ1v) is 7.67. The first kappa shape index (κ1) is 15.3. The summed E-state index contributed by atoms with van der Waals surface area (Å²) in [7, 11) is 0. The van der Waals surface area contributed by atoms with E-state index in [0.717, 1.165) is 20.7 Å². The van der Waals surface area contributed by atoms with Crippen LogP contribution in [0.4, 0.5) is 0 Å². The minimum Gasteiger partial charge on any atom is -0.459 e. The lowest BCUT2D eigenvalue weighted by Crippen LogP contribution is -2.38. The van der Waals surface area contributed by atoms with Crippen molar-refractivity contribution < 1.29 is 9.53 Å². The number of esters is 1. The summed E-state index contributed by atoms with van der Waals surface area (Å²) in [4.78, 5) is 11.9. The topological polar surface area (TPSA) is 52.3 Å². The molecule has 20 heavy (non-hydrogen) atoms. The molecule has 108 valence electrons. The first-order valence-electron chi connectivity index (χ1n) is 6.41. The molecule has 2 rings (SSSR count). The molecule has 0 saturated carbocycles. The largest absolute Gasteiger partial charge is 0.459 e. The molecule has 0 saturated heterocycles. The van der Waals surface area contributed by atoms with Gasteiger partial charge in [-0.1, -0.05) is 23.7 Å². The van der Waals surface area contributed by atoms with Gasteiger partial charge in [-0.05, 0) is 49.6 Å². The highest BCUT2D eigenvalue weighted by Crippen LogP contribution is 2.32. The molecule has 0 bridgehead atoms. The molecular weight excluding hydrogens is 294 g/mol. The van der Waals surface area contributed by atoms with Crippen LogP contribution in [0, 0.1) is 0 Å². The highest BCUT2D eigenvalue weighted by atomic mass is 35.5. The van der Waals surface area contributed by atoms with Gasteiger partial charge in [0.05, 0.1) is 9.72 Å². The van der Waals surface area contributed by atoms with Gasteiger partial charge in [-0.15, -0.1) is 11.3 Å². The van der Waals surface area contributed by atoms with Crippen molar-refractivity contribution in [3.63, 3.8) is 0 Å². The Labute approximate surface area is 127 Å². The average Bonchev–Trinajstić information content (AvgIpc) is 2.72. The van der Waals surface area contributed by atoms with Gasteiger partial charge in [0.2, 0.25) is 0 Å². The van der Waals surface area contributed by atoms with Crippen molar-refractivity contribution in [1.82, 2.24) is 0 Å². The zero-order valence-corrected chi connectivity index (χ0v) is 13.3. The summed E-state index contributed by atoms with van der Waals surface area (Å²) in [5, 5.41) is 3.78. The number of rotatable bonds is 3. The van der Waals surface area contributed by atoms with Gasteiger partial charge in [-0.3, -0.25) is 4.79 Å².